The standard InChI is InChI=1S/C21H25N5O3S2/c1-4-26-19(13-7-8-29-12(13)3)24-25-21(26)30-10-16(27)23-20-17(18(22)28)14-6-5-11(2)9-15(14)31-20/h7-8,11H,4-6,9-10H2,1-3H3,(H2,22,28)(H,23,27). The molecule has 10 heteroatoms. The fourth-order valence-electron chi connectivity index (χ4n) is 3.89. The molecule has 0 saturated heterocycles. The highest BCUT2D eigenvalue weighted by molar-refractivity contribution is 7.99. The molecule has 0 aromatic carbocycles. The van der Waals surface area contributed by atoms with E-state index in [1.807, 2.05) is 24.5 Å². The number of anilines is 1. The molecule has 4 rings (SSSR count). The van der Waals surface area contributed by atoms with Crippen molar-refractivity contribution >= 4 is 39.9 Å². The molecule has 0 bridgehead atoms. The second-order valence-corrected chi connectivity index (χ2v) is 9.75. The fourth-order valence-corrected chi connectivity index (χ4v) is 6.12. The van der Waals surface area contributed by atoms with Gasteiger partial charge in [-0.2, -0.15) is 0 Å². The van der Waals surface area contributed by atoms with E-state index in [2.05, 4.69) is 22.4 Å². The number of nitrogens with two attached hydrogens (primary N) is 1. The lowest BCUT2D eigenvalue weighted by Gasteiger charge is -2.18. The highest BCUT2D eigenvalue weighted by Gasteiger charge is 2.27. The van der Waals surface area contributed by atoms with Crippen molar-refractivity contribution in [3.63, 3.8) is 0 Å². The van der Waals surface area contributed by atoms with E-state index >= 15 is 0 Å². The molecule has 3 aromatic rings. The zero-order valence-electron chi connectivity index (χ0n) is 17.7. The quantitative estimate of drug-likeness (QED) is 0.518. The number of primary amides is 1. The highest BCUT2D eigenvalue weighted by Crippen LogP contribution is 2.39. The van der Waals surface area contributed by atoms with Crippen LogP contribution in [0.1, 0.15) is 46.8 Å². The summed E-state index contributed by atoms with van der Waals surface area (Å²) in [6.07, 6.45) is 4.39. The van der Waals surface area contributed by atoms with Gasteiger partial charge in [-0.3, -0.25) is 9.59 Å². The molecule has 3 aromatic heterocycles. The van der Waals surface area contributed by atoms with Crippen LogP contribution >= 0.6 is 23.1 Å². The van der Waals surface area contributed by atoms with Crippen molar-refractivity contribution in [2.45, 2.75) is 51.7 Å². The van der Waals surface area contributed by atoms with Crippen molar-refractivity contribution in [3.05, 3.63) is 34.1 Å². The summed E-state index contributed by atoms with van der Waals surface area (Å²) in [5.74, 6) is 1.52. The summed E-state index contributed by atoms with van der Waals surface area (Å²) in [7, 11) is 0. The number of rotatable bonds is 7. The first-order valence-electron chi connectivity index (χ1n) is 10.2. The summed E-state index contributed by atoms with van der Waals surface area (Å²) in [6, 6.07) is 1.86. The Morgan fingerprint density at radius 3 is 2.90 bits per heavy atom. The molecule has 2 amide bonds. The van der Waals surface area contributed by atoms with Crippen LogP contribution < -0.4 is 11.1 Å². The van der Waals surface area contributed by atoms with Gasteiger partial charge in [-0.05, 0) is 50.7 Å². The minimum Gasteiger partial charge on any atom is -0.469 e. The van der Waals surface area contributed by atoms with E-state index in [0.29, 0.717) is 34.0 Å². The zero-order chi connectivity index (χ0) is 22.1. The lowest BCUT2D eigenvalue weighted by molar-refractivity contribution is -0.113. The topological polar surface area (TPSA) is 116 Å². The molecule has 1 aliphatic carbocycles. The minimum absolute atomic E-state index is 0.152. The monoisotopic (exact) mass is 459 g/mol. The largest absolute Gasteiger partial charge is 0.469 e. The van der Waals surface area contributed by atoms with Gasteiger partial charge in [0.2, 0.25) is 5.91 Å². The van der Waals surface area contributed by atoms with E-state index in [4.69, 9.17) is 10.2 Å². The smallest absolute Gasteiger partial charge is 0.251 e. The molecule has 0 fully saturated rings. The fraction of sp³-hybridized carbons (Fsp3) is 0.429. The van der Waals surface area contributed by atoms with Crippen molar-refractivity contribution in [2.75, 3.05) is 11.1 Å². The first kappa shape index (κ1) is 21.6. The number of nitrogens with one attached hydrogen (secondary N) is 1. The summed E-state index contributed by atoms with van der Waals surface area (Å²) < 4.78 is 7.33. The molecule has 1 aliphatic rings. The normalized spacial score (nSPS) is 15.6. The van der Waals surface area contributed by atoms with Crippen LogP contribution in [-0.4, -0.2) is 32.3 Å². The number of carbonyl (C=O) groups excluding carboxylic acids is 2. The number of fused-ring (bicyclic) bond motifs is 1. The number of aryl methyl sites for hydroxylation is 1. The lowest BCUT2D eigenvalue weighted by Crippen LogP contribution is -2.20. The van der Waals surface area contributed by atoms with E-state index in [-0.39, 0.29) is 11.7 Å². The predicted octanol–water partition coefficient (Wildman–Crippen LogP) is 3.88. The summed E-state index contributed by atoms with van der Waals surface area (Å²) in [6.45, 7) is 6.74. The second-order valence-electron chi connectivity index (χ2n) is 7.70. The maximum atomic E-state index is 12.7. The molecule has 0 spiro atoms. The molecular weight excluding hydrogens is 434 g/mol. The minimum atomic E-state index is -0.485. The van der Waals surface area contributed by atoms with Crippen LogP contribution in [-0.2, 0) is 24.2 Å². The number of aromatic nitrogens is 3. The van der Waals surface area contributed by atoms with Crippen molar-refractivity contribution in [2.24, 2.45) is 11.7 Å². The van der Waals surface area contributed by atoms with Gasteiger partial charge in [-0.1, -0.05) is 18.7 Å². The number of nitrogens with zero attached hydrogens (tertiary/aromatic N) is 3. The Labute approximate surface area is 188 Å². The molecule has 3 N–H and O–H groups in total. The first-order chi connectivity index (χ1) is 14.9. The van der Waals surface area contributed by atoms with Gasteiger partial charge < -0.3 is 20.0 Å². The number of hydrogen-bond acceptors (Lipinski definition) is 7. The molecule has 1 atom stereocenters. The Morgan fingerprint density at radius 2 is 2.23 bits per heavy atom. The number of carbonyl (C=O) groups is 2. The SMILES string of the molecule is CCn1c(SCC(=O)Nc2sc3c(c2C(N)=O)CCC(C)C3)nnc1-c1ccoc1C. The molecule has 0 aliphatic heterocycles. The predicted molar refractivity (Wildman–Crippen MR) is 122 cm³/mol. The van der Waals surface area contributed by atoms with Crippen LogP contribution in [0, 0.1) is 12.8 Å². The Balaban J connectivity index is 1.48. The van der Waals surface area contributed by atoms with Crippen LogP contribution in [0.3, 0.4) is 0 Å². The van der Waals surface area contributed by atoms with E-state index in [1.165, 1.54) is 23.1 Å². The van der Waals surface area contributed by atoms with Gasteiger partial charge >= 0.3 is 0 Å². The maximum Gasteiger partial charge on any atom is 0.251 e. The van der Waals surface area contributed by atoms with Crippen LogP contribution in [0.5, 0.6) is 0 Å². The number of thiophene rings is 1. The van der Waals surface area contributed by atoms with Crippen molar-refractivity contribution < 1.29 is 14.0 Å². The van der Waals surface area contributed by atoms with E-state index < -0.39 is 5.91 Å². The van der Waals surface area contributed by atoms with E-state index in [1.54, 1.807) is 6.26 Å². The van der Waals surface area contributed by atoms with Crippen molar-refractivity contribution in [1.29, 1.82) is 0 Å². The molecule has 0 saturated carbocycles. The molecule has 0 radical (unpaired) electrons. The number of hydrogen-bond donors (Lipinski definition) is 2. The second kappa shape index (κ2) is 8.88. The van der Waals surface area contributed by atoms with Crippen LogP contribution in [0.2, 0.25) is 0 Å². The molecule has 164 valence electrons. The summed E-state index contributed by atoms with van der Waals surface area (Å²) in [5.41, 5.74) is 8.00. The van der Waals surface area contributed by atoms with Gasteiger partial charge in [0.05, 0.1) is 23.1 Å². The average molecular weight is 460 g/mol. The van der Waals surface area contributed by atoms with E-state index in [9.17, 15) is 9.59 Å². The third-order valence-electron chi connectivity index (χ3n) is 5.48. The lowest BCUT2D eigenvalue weighted by atomic mass is 9.88. The molecule has 31 heavy (non-hydrogen) atoms. The Kier molecular flexibility index (Phi) is 6.19. The Morgan fingerprint density at radius 1 is 1.42 bits per heavy atom. The molecular formula is C21H25N5O3S2. The average Bonchev–Trinajstić information content (AvgIpc) is 3.41. The maximum absolute atomic E-state index is 12.7. The van der Waals surface area contributed by atoms with Gasteiger partial charge in [0, 0.05) is 11.4 Å². The van der Waals surface area contributed by atoms with E-state index in [0.717, 1.165) is 41.0 Å². The van der Waals surface area contributed by atoms with Gasteiger partial charge in [0.25, 0.3) is 5.91 Å². The highest BCUT2D eigenvalue weighted by atomic mass is 32.2. The summed E-state index contributed by atoms with van der Waals surface area (Å²) in [5, 5.41) is 12.6. The Bertz CT molecular complexity index is 1130. The number of furan rings is 1. The third-order valence-corrected chi connectivity index (χ3v) is 7.61. The third kappa shape index (κ3) is 4.27. The molecule has 3 heterocycles. The van der Waals surface area contributed by atoms with Gasteiger partial charge in [0.1, 0.15) is 10.8 Å². The van der Waals surface area contributed by atoms with Crippen LogP contribution in [0.4, 0.5) is 5.00 Å². The van der Waals surface area contributed by atoms with Gasteiger partial charge in [-0.25, -0.2) is 0 Å². The van der Waals surface area contributed by atoms with Gasteiger partial charge in [-0.15, -0.1) is 21.5 Å². The zero-order valence-corrected chi connectivity index (χ0v) is 19.4. The van der Waals surface area contributed by atoms with Crippen molar-refractivity contribution in [1.82, 2.24) is 14.8 Å². The van der Waals surface area contributed by atoms with Crippen LogP contribution in [0.15, 0.2) is 21.9 Å². The van der Waals surface area contributed by atoms with Crippen LogP contribution in [0.25, 0.3) is 11.4 Å². The van der Waals surface area contributed by atoms with Gasteiger partial charge in [0.15, 0.2) is 11.0 Å². The summed E-state index contributed by atoms with van der Waals surface area (Å²) >= 11 is 2.78. The molecule has 1 unspecified atom stereocenters. The summed E-state index contributed by atoms with van der Waals surface area (Å²) in [4.78, 5) is 25.9. The first-order valence-corrected chi connectivity index (χ1v) is 12.0. The Hall–Kier alpha value is -2.59. The molecule has 8 nitrogen and oxygen atoms in total. The number of amides is 2. The van der Waals surface area contributed by atoms with Crippen molar-refractivity contribution in [3.8, 4) is 11.4 Å². The number of thioether (sulfide) groups is 1.